The summed E-state index contributed by atoms with van der Waals surface area (Å²) in [4.78, 5) is 23.6. The first-order valence-electron chi connectivity index (χ1n) is 8.40. The molecule has 26 heavy (non-hydrogen) atoms. The van der Waals surface area contributed by atoms with E-state index in [0.717, 1.165) is 16.5 Å². The van der Waals surface area contributed by atoms with Crippen LogP contribution in [0.3, 0.4) is 0 Å². The van der Waals surface area contributed by atoms with Crippen molar-refractivity contribution in [2.45, 2.75) is 26.3 Å². The van der Waals surface area contributed by atoms with Crippen LogP contribution >= 0.6 is 15.9 Å². The molecular weight excluding hydrogens is 398 g/mol. The summed E-state index contributed by atoms with van der Waals surface area (Å²) < 4.78 is 11.3. The Hall–Kier alpha value is -2.34. The third-order valence-electron chi connectivity index (χ3n) is 3.80. The minimum Gasteiger partial charge on any atom is -0.482 e. The second kappa shape index (κ2) is 9.97. The number of aryl methyl sites for hydroxylation is 1. The summed E-state index contributed by atoms with van der Waals surface area (Å²) in [7, 11) is 0. The molecule has 138 valence electrons. The second-order valence-electron chi connectivity index (χ2n) is 5.79. The molecule has 1 N–H and O–H groups in total. The Morgan fingerprint density at radius 1 is 1.04 bits per heavy atom. The van der Waals surface area contributed by atoms with Crippen LogP contribution in [0.5, 0.6) is 5.75 Å². The minimum absolute atomic E-state index is 0.178. The summed E-state index contributed by atoms with van der Waals surface area (Å²) in [5.41, 5.74) is 2.16. The van der Waals surface area contributed by atoms with Crippen molar-refractivity contribution in [2.24, 2.45) is 0 Å². The monoisotopic (exact) mass is 419 g/mol. The van der Waals surface area contributed by atoms with E-state index in [1.807, 2.05) is 43.3 Å². The molecule has 0 saturated heterocycles. The van der Waals surface area contributed by atoms with Crippen molar-refractivity contribution < 1.29 is 19.1 Å². The molecule has 0 bridgehead atoms. The highest BCUT2D eigenvalue weighted by atomic mass is 79.9. The van der Waals surface area contributed by atoms with Gasteiger partial charge in [0.15, 0.2) is 13.2 Å². The van der Waals surface area contributed by atoms with Crippen LogP contribution in [0.1, 0.15) is 31.0 Å². The summed E-state index contributed by atoms with van der Waals surface area (Å²) in [5, 5.41) is 2.79. The molecule has 6 heteroatoms. The number of carbonyl (C=O) groups is 2. The fraction of sp³-hybridized carbons (Fsp3) is 0.300. The Balaban J connectivity index is 1.70. The Morgan fingerprint density at radius 2 is 1.69 bits per heavy atom. The molecule has 0 fully saturated rings. The molecule has 2 aromatic rings. The SMILES string of the molecule is CCc1ccc(OCC(=O)OCC(=O)N[C@@H](C)c2ccc(Br)cc2)cc1. The first-order valence-corrected chi connectivity index (χ1v) is 9.19. The van der Waals surface area contributed by atoms with E-state index in [9.17, 15) is 9.59 Å². The van der Waals surface area contributed by atoms with Crippen LogP contribution in [0.2, 0.25) is 0 Å². The standard InChI is InChI=1S/C20H22BrNO4/c1-3-15-4-10-18(11-5-15)25-13-20(24)26-12-19(23)22-14(2)16-6-8-17(21)9-7-16/h4-11,14H,3,12-13H2,1-2H3,(H,22,23)/t14-/m0/s1. The predicted molar refractivity (Wildman–Crippen MR) is 103 cm³/mol. The number of ether oxygens (including phenoxy) is 2. The van der Waals surface area contributed by atoms with Gasteiger partial charge in [0.25, 0.3) is 5.91 Å². The summed E-state index contributed by atoms with van der Waals surface area (Å²) in [6, 6.07) is 15.0. The van der Waals surface area contributed by atoms with E-state index in [1.165, 1.54) is 5.56 Å². The van der Waals surface area contributed by atoms with Crippen molar-refractivity contribution in [1.82, 2.24) is 5.32 Å². The lowest BCUT2D eigenvalue weighted by molar-refractivity contribution is -0.150. The average Bonchev–Trinajstić information content (AvgIpc) is 2.65. The summed E-state index contributed by atoms with van der Waals surface area (Å²) in [6.07, 6.45) is 0.941. The van der Waals surface area contributed by atoms with E-state index in [4.69, 9.17) is 9.47 Å². The lowest BCUT2D eigenvalue weighted by Gasteiger charge is -2.14. The molecule has 0 heterocycles. The second-order valence-corrected chi connectivity index (χ2v) is 6.70. The zero-order valence-corrected chi connectivity index (χ0v) is 16.4. The maximum atomic E-state index is 11.9. The smallest absolute Gasteiger partial charge is 0.344 e. The van der Waals surface area contributed by atoms with Gasteiger partial charge in [-0.25, -0.2) is 4.79 Å². The fourth-order valence-corrected chi connectivity index (χ4v) is 2.53. The van der Waals surface area contributed by atoms with E-state index in [0.29, 0.717) is 5.75 Å². The van der Waals surface area contributed by atoms with Crippen LogP contribution in [-0.2, 0) is 20.7 Å². The van der Waals surface area contributed by atoms with Gasteiger partial charge in [0.2, 0.25) is 0 Å². The number of esters is 1. The van der Waals surface area contributed by atoms with Crippen molar-refractivity contribution >= 4 is 27.8 Å². The Labute approximate surface area is 161 Å². The first kappa shape index (κ1) is 20.0. The van der Waals surface area contributed by atoms with E-state index in [1.54, 1.807) is 12.1 Å². The molecule has 0 unspecified atom stereocenters. The number of hydrogen-bond donors (Lipinski definition) is 1. The van der Waals surface area contributed by atoms with Crippen molar-refractivity contribution in [2.75, 3.05) is 13.2 Å². The Bertz CT molecular complexity index is 728. The van der Waals surface area contributed by atoms with Gasteiger partial charge in [-0.3, -0.25) is 4.79 Å². The topological polar surface area (TPSA) is 64.6 Å². The summed E-state index contributed by atoms with van der Waals surface area (Å²) in [5.74, 6) is -0.357. The average molecular weight is 420 g/mol. The fourth-order valence-electron chi connectivity index (χ4n) is 2.27. The molecule has 1 atom stereocenters. The van der Waals surface area contributed by atoms with Crippen LogP contribution in [0, 0.1) is 0 Å². The van der Waals surface area contributed by atoms with Crippen LogP contribution in [-0.4, -0.2) is 25.1 Å². The highest BCUT2D eigenvalue weighted by Crippen LogP contribution is 2.16. The van der Waals surface area contributed by atoms with Gasteiger partial charge in [-0.05, 0) is 48.7 Å². The number of benzene rings is 2. The molecule has 0 saturated carbocycles. The lowest BCUT2D eigenvalue weighted by Crippen LogP contribution is -2.31. The van der Waals surface area contributed by atoms with Gasteiger partial charge in [0.05, 0.1) is 6.04 Å². The normalized spacial score (nSPS) is 11.5. The van der Waals surface area contributed by atoms with Crippen molar-refractivity contribution in [1.29, 1.82) is 0 Å². The molecule has 0 aliphatic heterocycles. The Kier molecular flexibility index (Phi) is 7.66. The van der Waals surface area contributed by atoms with Gasteiger partial charge in [-0.1, -0.05) is 47.1 Å². The van der Waals surface area contributed by atoms with Crippen molar-refractivity contribution in [3.8, 4) is 5.75 Å². The summed E-state index contributed by atoms with van der Waals surface area (Å²) >= 11 is 3.37. The number of hydrogen-bond acceptors (Lipinski definition) is 4. The van der Waals surface area contributed by atoms with Crippen LogP contribution in [0.25, 0.3) is 0 Å². The van der Waals surface area contributed by atoms with E-state index < -0.39 is 5.97 Å². The highest BCUT2D eigenvalue weighted by molar-refractivity contribution is 9.10. The zero-order valence-electron chi connectivity index (χ0n) is 14.8. The molecule has 0 aliphatic rings. The minimum atomic E-state index is -0.587. The number of nitrogens with one attached hydrogen (secondary N) is 1. The molecule has 2 aromatic carbocycles. The maximum Gasteiger partial charge on any atom is 0.344 e. The van der Waals surface area contributed by atoms with E-state index in [2.05, 4.69) is 28.2 Å². The largest absolute Gasteiger partial charge is 0.482 e. The van der Waals surface area contributed by atoms with Gasteiger partial charge >= 0.3 is 5.97 Å². The molecule has 0 spiro atoms. The molecule has 0 aromatic heterocycles. The van der Waals surface area contributed by atoms with Crippen molar-refractivity contribution in [3.05, 3.63) is 64.1 Å². The van der Waals surface area contributed by atoms with E-state index in [-0.39, 0.29) is 25.2 Å². The Morgan fingerprint density at radius 3 is 2.31 bits per heavy atom. The first-order chi connectivity index (χ1) is 12.5. The third kappa shape index (κ3) is 6.52. The molecule has 1 amide bonds. The van der Waals surface area contributed by atoms with Crippen LogP contribution < -0.4 is 10.1 Å². The molecule has 5 nitrogen and oxygen atoms in total. The highest BCUT2D eigenvalue weighted by Gasteiger charge is 2.12. The van der Waals surface area contributed by atoms with Gasteiger partial charge in [0.1, 0.15) is 5.75 Å². The molecule has 2 rings (SSSR count). The van der Waals surface area contributed by atoms with Gasteiger partial charge in [0, 0.05) is 4.47 Å². The third-order valence-corrected chi connectivity index (χ3v) is 4.33. The van der Waals surface area contributed by atoms with Crippen molar-refractivity contribution in [3.63, 3.8) is 0 Å². The number of rotatable bonds is 8. The number of halogens is 1. The van der Waals surface area contributed by atoms with Gasteiger partial charge in [-0.2, -0.15) is 0 Å². The maximum absolute atomic E-state index is 11.9. The quantitative estimate of drug-likeness (QED) is 0.660. The molecular formula is C20H22BrNO4. The van der Waals surface area contributed by atoms with Crippen LogP contribution in [0.15, 0.2) is 53.0 Å². The van der Waals surface area contributed by atoms with Gasteiger partial charge < -0.3 is 14.8 Å². The van der Waals surface area contributed by atoms with Crippen LogP contribution in [0.4, 0.5) is 0 Å². The number of carbonyl (C=O) groups excluding carboxylic acids is 2. The molecule has 0 radical (unpaired) electrons. The predicted octanol–water partition coefficient (Wildman–Crippen LogP) is 3.81. The zero-order chi connectivity index (χ0) is 18.9. The molecule has 0 aliphatic carbocycles. The summed E-state index contributed by atoms with van der Waals surface area (Å²) in [6.45, 7) is 3.36. The number of amides is 1. The van der Waals surface area contributed by atoms with E-state index >= 15 is 0 Å². The lowest BCUT2D eigenvalue weighted by atomic mass is 10.1. The van der Waals surface area contributed by atoms with Gasteiger partial charge in [-0.15, -0.1) is 0 Å².